The zero-order chi connectivity index (χ0) is 15.7. The Kier molecular flexibility index (Phi) is 3.68. The third-order valence-electron chi connectivity index (χ3n) is 3.88. The highest BCUT2D eigenvalue weighted by atomic mass is 16.3. The van der Waals surface area contributed by atoms with Crippen LogP contribution >= 0.6 is 0 Å². The second-order valence-electron chi connectivity index (χ2n) is 5.26. The quantitative estimate of drug-likeness (QED) is 0.446. The maximum atomic E-state index is 10.7. The van der Waals surface area contributed by atoms with Gasteiger partial charge in [0.2, 0.25) is 0 Å². The van der Waals surface area contributed by atoms with E-state index in [2.05, 4.69) is 20.5 Å². The molecule has 4 N–H and O–H groups in total. The Morgan fingerprint density at radius 2 is 2.09 bits per heavy atom. The summed E-state index contributed by atoms with van der Waals surface area (Å²) < 4.78 is 1.69. The van der Waals surface area contributed by atoms with E-state index in [0.717, 1.165) is 37.6 Å². The molecule has 1 aliphatic rings. The van der Waals surface area contributed by atoms with Gasteiger partial charge in [0.05, 0.1) is 23.3 Å². The first-order valence-electron chi connectivity index (χ1n) is 7.05. The summed E-state index contributed by atoms with van der Waals surface area (Å²) in [4.78, 5) is 12.9. The molecule has 1 aromatic heterocycles. The molecule has 8 nitrogen and oxygen atoms in total. The molecule has 0 atom stereocenters. The Hall–Kier alpha value is -2.61. The third-order valence-corrected chi connectivity index (χ3v) is 3.88. The van der Waals surface area contributed by atoms with Gasteiger partial charge in [0.1, 0.15) is 11.4 Å². The molecule has 0 aliphatic carbocycles. The number of piperazine rings is 1. The lowest BCUT2D eigenvalue weighted by Gasteiger charge is -2.29. The summed E-state index contributed by atoms with van der Waals surface area (Å²) in [5.41, 5.74) is 8.34. The monoisotopic (exact) mass is 302 g/mol. The number of benzene rings is 1. The van der Waals surface area contributed by atoms with E-state index in [1.54, 1.807) is 16.9 Å². The standard InChI is InChI=1S/C14H18N6O2/c1-19-14(9-6-10(15)11(18-22)7-13(9)21)12(8-17-19)20-4-2-16-3-5-20/h6-8,16,21H,2-5,15H2,1H3. The van der Waals surface area contributed by atoms with Gasteiger partial charge in [0, 0.05) is 44.9 Å². The Morgan fingerprint density at radius 3 is 2.77 bits per heavy atom. The van der Waals surface area contributed by atoms with Crippen LogP contribution < -0.4 is 16.0 Å². The summed E-state index contributed by atoms with van der Waals surface area (Å²) in [7, 11) is 1.81. The number of nitrogens with one attached hydrogen (secondary N) is 1. The molecule has 22 heavy (non-hydrogen) atoms. The van der Waals surface area contributed by atoms with Crippen LogP contribution in [0.15, 0.2) is 23.5 Å². The highest BCUT2D eigenvalue weighted by Gasteiger charge is 2.22. The largest absolute Gasteiger partial charge is 0.507 e. The molecule has 3 rings (SSSR count). The molecule has 0 saturated carbocycles. The number of phenolic OH excluding ortho intramolecular Hbond substituents is 1. The summed E-state index contributed by atoms with van der Waals surface area (Å²) in [5.74, 6) is -0.0382. The van der Waals surface area contributed by atoms with Crippen molar-refractivity contribution in [3.63, 3.8) is 0 Å². The predicted molar refractivity (Wildman–Crippen MR) is 85.3 cm³/mol. The van der Waals surface area contributed by atoms with E-state index in [-0.39, 0.29) is 17.1 Å². The number of aromatic nitrogens is 2. The van der Waals surface area contributed by atoms with Gasteiger partial charge in [-0.2, -0.15) is 5.10 Å². The van der Waals surface area contributed by atoms with Crippen molar-refractivity contribution in [2.24, 2.45) is 12.2 Å². The molecule has 8 heteroatoms. The molecule has 1 saturated heterocycles. The number of nitroso groups, excluding NO2 is 1. The van der Waals surface area contributed by atoms with Gasteiger partial charge in [-0.1, -0.05) is 0 Å². The van der Waals surface area contributed by atoms with Gasteiger partial charge in [0.15, 0.2) is 0 Å². The van der Waals surface area contributed by atoms with Crippen LogP contribution in [-0.4, -0.2) is 41.1 Å². The molecule has 116 valence electrons. The lowest BCUT2D eigenvalue weighted by Crippen LogP contribution is -2.43. The van der Waals surface area contributed by atoms with Crippen LogP contribution in [0.3, 0.4) is 0 Å². The van der Waals surface area contributed by atoms with Gasteiger partial charge in [-0.05, 0) is 11.2 Å². The summed E-state index contributed by atoms with van der Waals surface area (Å²) in [6.07, 6.45) is 1.78. The first-order valence-corrected chi connectivity index (χ1v) is 7.05. The van der Waals surface area contributed by atoms with Crippen LogP contribution in [0.25, 0.3) is 11.3 Å². The topological polar surface area (TPSA) is 109 Å². The van der Waals surface area contributed by atoms with Gasteiger partial charge in [0.25, 0.3) is 0 Å². The summed E-state index contributed by atoms with van der Waals surface area (Å²) in [6.45, 7) is 3.53. The number of phenols is 1. The van der Waals surface area contributed by atoms with Crippen molar-refractivity contribution in [1.82, 2.24) is 15.1 Å². The normalized spacial score (nSPS) is 15.0. The smallest absolute Gasteiger partial charge is 0.134 e. The molecule has 0 spiro atoms. The highest BCUT2D eigenvalue weighted by Crippen LogP contribution is 2.40. The first-order chi connectivity index (χ1) is 10.6. The van der Waals surface area contributed by atoms with Gasteiger partial charge in [-0.3, -0.25) is 4.68 Å². The number of nitrogens with zero attached hydrogens (tertiary/aromatic N) is 4. The number of aryl methyl sites for hydroxylation is 1. The summed E-state index contributed by atoms with van der Waals surface area (Å²) in [5, 5.41) is 20.7. The van der Waals surface area contributed by atoms with Crippen LogP contribution in [0.2, 0.25) is 0 Å². The van der Waals surface area contributed by atoms with E-state index in [0.29, 0.717) is 5.56 Å². The van der Waals surface area contributed by atoms with Gasteiger partial charge < -0.3 is 21.1 Å². The predicted octanol–water partition coefficient (Wildman–Crippen LogP) is 1.18. The van der Waals surface area contributed by atoms with Crippen molar-refractivity contribution in [2.75, 3.05) is 36.8 Å². The number of nitrogen functional groups attached to an aromatic ring is 1. The zero-order valence-corrected chi connectivity index (χ0v) is 12.3. The molecule has 1 fully saturated rings. The van der Waals surface area contributed by atoms with Crippen LogP contribution in [0.4, 0.5) is 17.1 Å². The second kappa shape index (κ2) is 5.64. The molecule has 0 unspecified atom stereocenters. The number of rotatable bonds is 3. The van der Waals surface area contributed by atoms with Crippen molar-refractivity contribution in [3.05, 3.63) is 23.2 Å². The van der Waals surface area contributed by atoms with Crippen LogP contribution in [0.1, 0.15) is 0 Å². The average Bonchev–Trinajstić information content (AvgIpc) is 2.91. The van der Waals surface area contributed by atoms with Crippen LogP contribution in [0.5, 0.6) is 5.75 Å². The molecule has 0 amide bonds. The molecule has 1 aliphatic heterocycles. The first kappa shape index (κ1) is 14.3. The molecule has 2 aromatic rings. The zero-order valence-electron chi connectivity index (χ0n) is 12.3. The minimum absolute atomic E-state index is 0.0344. The highest BCUT2D eigenvalue weighted by molar-refractivity contribution is 5.84. The maximum absolute atomic E-state index is 10.7. The molecule has 0 bridgehead atoms. The number of hydrogen-bond acceptors (Lipinski definition) is 7. The fourth-order valence-corrected chi connectivity index (χ4v) is 2.74. The Balaban J connectivity index is 2.10. The number of nitrogens with two attached hydrogens (primary N) is 1. The van der Waals surface area contributed by atoms with Crippen molar-refractivity contribution in [2.45, 2.75) is 0 Å². The summed E-state index contributed by atoms with van der Waals surface area (Å²) >= 11 is 0. The number of aromatic hydroxyl groups is 1. The average molecular weight is 302 g/mol. The van der Waals surface area contributed by atoms with Crippen molar-refractivity contribution in [1.29, 1.82) is 0 Å². The van der Waals surface area contributed by atoms with Crippen molar-refractivity contribution in [3.8, 4) is 17.0 Å². The lowest BCUT2D eigenvalue weighted by atomic mass is 10.1. The Bertz CT molecular complexity index is 706. The number of hydrogen-bond donors (Lipinski definition) is 3. The maximum Gasteiger partial charge on any atom is 0.134 e. The molecular formula is C14H18N6O2. The SMILES string of the molecule is Cn1ncc(N2CCNCC2)c1-c1cc(N)c(N=O)cc1O. The fourth-order valence-electron chi connectivity index (χ4n) is 2.74. The van der Waals surface area contributed by atoms with E-state index >= 15 is 0 Å². The molecule has 2 heterocycles. The molecular weight excluding hydrogens is 284 g/mol. The minimum atomic E-state index is -0.0382. The van der Waals surface area contributed by atoms with E-state index in [4.69, 9.17) is 5.73 Å². The van der Waals surface area contributed by atoms with Gasteiger partial charge in [-0.15, -0.1) is 4.91 Å². The second-order valence-corrected chi connectivity index (χ2v) is 5.26. The van der Waals surface area contributed by atoms with Crippen molar-refractivity contribution < 1.29 is 5.11 Å². The Labute approximate surface area is 127 Å². The van der Waals surface area contributed by atoms with E-state index in [1.807, 2.05) is 7.05 Å². The van der Waals surface area contributed by atoms with E-state index in [9.17, 15) is 10.0 Å². The van der Waals surface area contributed by atoms with Crippen LogP contribution in [-0.2, 0) is 7.05 Å². The van der Waals surface area contributed by atoms with Crippen molar-refractivity contribution >= 4 is 17.1 Å². The van der Waals surface area contributed by atoms with Gasteiger partial charge in [-0.25, -0.2) is 0 Å². The fraction of sp³-hybridized carbons (Fsp3) is 0.357. The lowest BCUT2D eigenvalue weighted by molar-refractivity contribution is 0.477. The third kappa shape index (κ3) is 2.37. The Morgan fingerprint density at radius 1 is 1.36 bits per heavy atom. The summed E-state index contributed by atoms with van der Waals surface area (Å²) in [6, 6.07) is 2.85. The van der Waals surface area contributed by atoms with Crippen LogP contribution in [0, 0.1) is 4.91 Å². The number of anilines is 2. The van der Waals surface area contributed by atoms with E-state index < -0.39 is 0 Å². The van der Waals surface area contributed by atoms with Gasteiger partial charge >= 0.3 is 0 Å². The van der Waals surface area contributed by atoms with E-state index in [1.165, 1.54) is 6.07 Å². The molecule has 1 aromatic carbocycles. The molecule has 0 radical (unpaired) electrons. The minimum Gasteiger partial charge on any atom is -0.507 e.